The van der Waals surface area contributed by atoms with Crippen molar-refractivity contribution < 1.29 is 52.5 Å². The number of nitrogens with one attached hydrogen (secondary N) is 5. The highest BCUT2D eigenvalue weighted by atomic mass is 16.5. The Hall–Kier alpha value is -8.74. The van der Waals surface area contributed by atoms with Gasteiger partial charge in [-0.05, 0) is 109 Å². The molecule has 19 heteroatoms. The number of fused-ring (bicyclic) bond motifs is 8. The average Bonchev–Trinajstić information content (AvgIpc) is 3.97. The van der Waals surface area contributed by atoms with Gasteiger partial charge in [-0.15, -0.1) is 0 Å². The Morgan fingerprint density at radius 1 is 0.658 bits per heavy atom. The van der Waals surface area contributed by atoms with Gasteiger partial charge < -0.3 is 50.4 Å². The highest BCUT2D eigenvalue weighted by molar-refractivity contribution is 6.15. The number of aryl methyl sites for hydroxylation is 1. The second-order valence-corrected chi connectivity index (χ2v) is 19.6. The molecule has 10 rings (SSSR count). The molecule has 0 spiro atoms. The largest absolute Gasteiger partial charge is 0.493 e. The van der Waals surface area contributed by atoms with E-state index in [-0.39, 0.29) is 67.4 Å². The number of carbonyl (C=O) groups excluding carboxylic acids is 7. The van der Waals surface area contributed by atoms with Crippen molar-refractivity contribution >= 4 is 76.1 Å². The summed E-state index contributed by atoms with van der Waals surface area (Å²) in [6.07, 6.45) is 5.25. The van der Waals surface area contributed by atoms with Crippen LogP contribution >= 0.6 is 0 Å². The molecule has 76 heavy (non-hydrogen) atoms. The summed E-state index contributed by atoms with van der Waals surface area (Å²) in [6.45, 7) is 1.24. The molecule has 5 aliphatic rings. The first-order valence-electron chi connectivity index (χ1n) is 25.4. The van der Waals surface area contributed by atoms with Crippen LogP contribution in [0.15, 0.2) is 96.0 Å². The van der Waals surface area contributed by atoms with E-state index in [2.05, 4.69) is 26.6 Å². The molecule has 5 aromatic rings. The number of ether oxygens (including phenoxy) is 4. The summed E-state index contributed by atoms with van der Waals surface area (Å²) in [6, 6.07) is 27.8. The molecule has 392 valence electrons. The molecule has 1 fully saturated rings. The Kier molecular flexibility index (Phi) is 14.7. The van der Waals surface area contributed by atoms with Crippen LogP contribution in [0.5, 0.6) is 17.2 Å². The fraction of sp³-hybridized carbons (Fsp3) is 0.333. The number of methoxy groups -OCH3 is 2. The van der Waals surface area contributed by atoms with Crippen LogP contribution in [0.4, 0.5) is 28.4 Å². The van der Waals surface area contributed by atoms with Gasteiger partial charge in [0.2, 0.25) is 23.6 Å². The fourth-order valence-electron chi connectivity index (χ4n) is 10.7. The van der Waals surface area contributed by atoms with Gasteiger partial charge in [-0.25, -0.2) is 0 Å². The second kappa shape index (κ2) is 22.0. The summed E-state index contributed by atoms with van der Waals surface area (Å²) in [4.78, 5) is 99.6. The van der Waals surface area contributed by atoms with Crippen LogP contribution in [0.1, 0.15) is 74.2 Å². The van der Waals surface area contributed by atoms with Crippen LogP contribution in [-0.2, 0) is 54.8 Å². The molecule has 5 aromatic carbocycles. The quantitative estimate of drug-likeness (QED) is 0.0748. The standard InChI is InChI=1S/C57H58N8O11/c1-32-16-42-44(58-25-40-20-37-8-4-6-10-46(37)64(40)55(42)70)23-48(32)75-30-33-17-34(31-76-50-24-45-43(22-49(50)73-2)56(71)65-41(26-59-45)21-38-9-5-7-11-47(38)65)19-39(18-33)63-53(68)29-61-51(66)27-60-52(67)28-62-54(69)35-12-14-36(15-13-35)57(72)74-3/h4-11,16-19,22-25,35-36,40-41,59H,12-15,20-21,26-31H2,1-3H3,(H,60,67)(H,61,66)(H,62,69)(H,63,68)/t35?,36?,40-,41-/m0/s1. The lowest BCUT2D eigenvalue weighted by Gasteiger charge is -2.25. The van der Waals surface area contributed by atoms with E-state index in [1.54, 1.807) is 47.5 Å². The number of amides is 6. The van der Waals surface area contributed by atoms with Crippen LogP contribution in [0.2, 0.25) is 0 Å². The van der Waals surface area contributed by atoms with E-state index in [9.17, 15) is 33.6 Å². The zero-order valence-corrected chi connectivity index (χ0v) is 42.4. The van der Waals surface area contributed by atoms with Gasteiger partial charge in [0.25, 0.3) is 11.8 Å². The van der Waals surface area contributed by atoms with Crippen molar-refractivity contribution in [2.24, 2.45) is 16.8 Å². The minimum absolute atomic E-state index is 0.00479. The fourth-order valence-corrected chi connectivity index (χ4v) is 10.7. The van der Waals surface area contributed by atoms with E-state index < -0.39 is 30.8 Å². The molecule has 0 saturated heterocycles. The Bertz CT molecular complexity index is 3190. The molecule has 1 aliphatic carbocycles. The number of nitrogens with zero attached hydrogens (tertiary/aromatic N) is 3. The minimum atomic E-state index is -0.629. The van der Waals surface area contributed by atoms with Crippen molar-refractivity contribution in [2.75, 3.05) is 60.8 Å². The van der Waals surface area contributed by atoms with Gasteiger partial charge in [-0.2, -0.15) is 0 Å². The molecule has 6 amide bonds. The average molecular weight is 1030 g/mol. The first kappa shape index (κ1) is 50.8. The highest BCUT2D eigenvalue weighted by Crippen LogP contribution is 2.42. The minimum Gasteiger partial charge on any atom is -0.493 e. The van der Waals surface area contributed by atoms with Crippen molar-refractivity contribution in [2.45, 2.75) is 70.7 Å². The smallest absolute Gasteiger partial charge is 0.308 e. The third-order valence-electron chi connectivity index (χ3n) is 14.6. The van der Waals surface area contributed by atoms with E-state index >= 15 is 0 Å². The van der Waals surface area contributed by atoms with E-state index in [0.717, 1.165) is 34.5 Å². The van der Waals surface area contributed by atoms with Gasteiger partial charge in [-0.1, -0.05) is 36.4 Å². The normalized spacial score (nSPS) is 18.7. The molecule has 19 nitrogen and oxygen atoms in total. The molecule has 0 bridgehead atoms. The molecule has 4 aliphatic heterocycles. The number of carbonyl (C=O) groups is 7. The maximum atomic E-state index is 14.1. The third-order valence-corrected chi connectivity index (χ3v) is 14.6. The first-order chi connectivity index (χ1) is 36.8. The summed E-state index contributed by atoms with van der Waals surface area (Å²) in [5.41, 5.74) is 8.38. The van der Waals surface area contributed by atoms with Crippen LogP contribution in [0.3, 0.4) is 0 Å². The van der Waals surface area contributed by atoms with Gasteiger partial charge in [0.15, 0.2) is 11.5 Å². The van der Waals surface area contributed by atoms with Crippen LogP contribution in [0, 0.1) is 18.8 Å². The van der Waals surface area contributed by atoms with Gasteiger partial charge in [0.1, 0.15) is 19.0 Å². The maximum Gasteiger partial charge on any atom is 0.308 e. The Morgan fingerprint density at radius 3 is 1.97 bits per heavy atom. The highest BCUT2D eigenvalue weighted by Gasteiger charge is 2.39. The molecule has 0 unspecified atom stereocenters. The molecule has 0 aromatic heterocycles. The van der Waals surface area contributed by atoms with E-state index in [4.69, 9.17) is 23.9 Å². The van der Waals surface area contributed by atoms with Crippen LogP contribution in [0.25, 0.3) is 0 Å². The third kappa shape index (κ3) is 10.8. The zero-order chi connectivity index (χ0) is 53.0. The lowest BCUT2D eigenvalue weighted by molar-refractivity contribution is -0.147. The Morgan fingerprint density at radius 2 is 1.28 bits per heavy atom. The van der Waals surface area contributed by atoms with E-state index in [0.29, 0.717) is 95.2 Å². The molecule has 5 N–H and O–H groups in total. The SMILES string of the molecule is COC(=O)C1CCC(C(=O)NCC(=O)NCC(=O)NCC(=O)Nc2cc(COc3cc4c(cc3C)C(=O)N3c5ccccc5C[C@H]3C=N4)cc(COc3cc4c(cc3OC)C(=O)N3c5ccccc5C[C@H]3CN4)c2)CC1. The number of aliphatic imine (C=N–C) groups is 1. The summed E-state index contributed by atoms with van der Waals surface area (Å²) >= 11 is 0. The molecule has 0 radical (unpaired) electrons. The molecule has 2 atom stereocenters. The zero-order valence-electron chi connectivity index (χ0n) is 42.4. The lowest BCUT2D eigenvalue weighted by atomic mass is 9.81. The number of rotatable bonds is 16. The van der Waals surface area contributed by atoms with E-state index in [1.807, 2.05) is 66.4 Å². The van der Waals surface area contributed by atoms with Gasteiger partial charge in [0.05, 0.1) is 74.4 Å². The topological polar surface area (TPSA) is 235 Å². The van der Waals surface area contributed by atoms with Gasteiger partial charge in [0, 0.05) is 54.3 Å². The van der Waals surface area contributed by atoms with E-state index in [1.165, 1.54) is 14.2 Å². The number of esters is 1. The van der Waals surface area contributed by atoms with Crippen LogP contribution in [-0.4, -0.2) is 100 Å². The summed E-state index contributed by atoms with van der Waals surface area (Å²) < 4.78 is 23.4. The Balaban J connectivity index is 0.806. The number of para-hydroxylation sites is 2. The van der Waals surface area contributed by atoms with Crippen molar-refractivity contribution in [3.05, 3.63) is 130 Å². The number of hydrogen-bond acceptors (Lipinski definition) is 13. The molecule has 4 heterocycles. The Labute approximate surface area is 438 Å². The summed E-state index contributed by atoms with van der Waals surface area (Å²) in [5, 5.41) is 13.9. The molecular weight excluding hydrogens is 973 g/mol. The predicted octanol–water partition coefficient (Wildman–Crippen LogP) is 5.71. The number of anilines is 4. The van der Waals surface area contributed by atoms with Crippen LogP contribution < -0.4 is 50.6 Å². The maximum absolute atomic E-state index is 14.1. The molecule has 1 saturated carbocycles. The van der Waals surface area contributed by atoms with Crippen molar-refractivity contribution in [3.8, 4) is 17.2 Å². The van der Waals surface area contributed by atoms with Crippen molar-refractivity contribution in [1.82, 2.24) is 16.0 Å². The summed E-state index contributed by atoms with van der Waals surface area (Å²) in [7, 11) is 2.84. The number of benzene rings is 5. The summed E-state index contributed by atoms with van der Waals surface area (Å²) in [5.74, 6) is -1.97. The first-order valence-corrected chi connectivity index (χ1v) is 25.4. The second-order valence-electron chi connectivity index (χ2n) is 19.6. The monoisotopic (exact) mass is 1030 g/mol. The van der Waals surface area contributed by atoms with Gasteiger partial charge in [-0.3, -0.25) is 43.5 Å². The lowest BCUT2D eigenvalue weighted by Crippen LogP contribution is -2.44. The molecular formula is C57H58N8O11. The number of hydrogen-bond donors (Lipinski definition) is 5. The van der Waals surface area contributed by atoms with Crippen molar-refractivity contribution in [3.63, 3.8) is 0 Å². The predicted molar refractivity (Wildman–Crippen MR) is 283 cm³/mol. The van der Waals surface area contributed by atoms with Gasteiger partial charge >= 0.3 is 5.97 Å². The van der Waals surface area contributed by atoms with Crippen molar-refractivity contribution in [1.29, 1.82) is 0 Å².